The lowest BCUT2D eigenvalue weighted by atomic mass is 9.91. The second kappa shape index (κ2) is 5.41. The first-order chi connectivity index (χ1) is 8.59. The summed E-state index contributed by atoms with van der Waals surface area (Å²) in [6, 6.07) is 0.354. The van der Waals surface area contributed by atoms with E-state index >= 15 is 0 Å². The van der Waals surface area contributed by atoms with Crippen molar-refractivity contribution in [2.24, 2.45) is 7.05 Å². The predicted molar refractivity (Wildman–Crippen MR) is 72.4 cm³/mol. The topological polar surface area (TPSA) is 50.1 Å². The zero-order valence-corrected chi connectivity index (χ0v) is 11.7. The summed E-state index contributed by atoms with van der Waals surface area (Å²) in [5, 5.41) is 18.2. The molecule has 0 saturated heterocycles. The van der Waals surface area contributed by atoms with E-state index in [1.165, 1.54) is 17.7 Å². The van der Waals surface area contributed by atoms with E-state index < -0.39 is 5.60 Å². The summed E-state index contributed by atoms with van der Waals surface area (Å²) in [7, 11) is 2.01. The van der Waals surface area contributed by atoms with Crippen molar-refractivity contribution >= 4 is 0 Å². The smallest absolute Gasteiger partial charge is 0.0766 e. The minimum absolute atomic E-state index is 0.354. The highest BCUT2D eigenvalue weighted by Gasteiger charge is 2.27. The molecule has 0 aromatic carbocycles. The van der Waals surface area contributed by atoms with Crippen LogP contribution in [-0.2, 0) is 13.5 Å². The van der Waals surface area contributed by atoms with Gasteiger partial charge in [-0.25, -0.2) is 0 Å². The Hall–Kier alpha value is -0.870. The quantitative estimate of drug-likeness (QED) is 0.841. The maximum absolute atomic E-state index is 10.3. The van der Waals surface area contributed by atoms with Gasteiger partial charge in [0.1, 0.15) is 0 Å². The Bertz CT molecular complexity index is 396. The predicted octanol–water partition coefficient (Wildman–Crippen LogP) is 1.94. The van der Waals surface area contributed by atoms with Gasteiger partial charge in [-0.3, -0.25) is 4.68 Å². The monoisotopic (exact) mass is 251 g/mol. The maximum Gasteiger partial charge on any atom is 0.0766 e. The summed E-state index contributed by atoms with van der Waals surface area (Å²) >= 11 is 0. The molecule has 1 atom stereocenters. The first-order valence-corrected chi connectivity index (χ1v) is 7.06. The summed E-state index contributed by atoms with van der Waals surface area (Å²) in [4.78, 5) is 0. The molecule has 1 aliphatic carbocycles. The lowest BCUT2D eigenvalue weighted by Crippen LogP contribution is -2.41. The minimum atomic E-state index is -0.570. The standard InChI is InChI=1S/C14H25N3O/c1-4-14(18,5-2)10-15-12-7-6-8-13-11(12)9-16-17(13)3/h9,12,15,18H,4-8,10H2,1-3H3. The number of aliphatic hydroxyl groups is 1. The third-order valence-electron chi connectivity index (χ3n) is 4.37. The van der Waals surface area contributed by atoms with Gasteiger partial charge >= 0.3 is 0 Å². The Morgan fingerprint density at radius 3 is 2.89 bits per heavy atom. The number of aromatic nitrogens is 2. The van der Waals surface area contributed by atoms with Gasteiger partial charge in [-0.1, -0.05) is 13.8 Å². The number of hydrogen-bond acceptors (Lipinski definition) is 3. The molecule has 0 amide bonds. The van der Waals surface area contributed by atoms with E-state index in [1.54, 1.807) is 0 Å². The highest BCUT2D eigenvalue weighted by molar-refractivity contribution is 5.24. The van der Waals surface area contributed by atoms with Gasteiger partial charge in [-0.15, -0.1) is 0 Å². The third kappa shape index (κ3) is 2.59. The van der Waals surface area contributed by atoms with Gasteiger partial charge in [0.15, 0.2) is 0 Å². The molecule has 2 rings (SSSR count). The van der Waals surface area contributed by atoms with Crippen LogP contribution in [0.15, 0.2) is 6.20 Å². The van der Waals surface area contributed by atoms with Crippen LogP contribution in [0.1, 0.15) is 56.8 Å². The molecule has 1 unspecified atom stereocenters. The lowest BCUT2D eigenvalue weighted by molar-refractivity contribution is 0.0292. The molecular weight excluding hydrogens is 226 g/mol. The normalized spacial score (nSPS) is 19.9. The van der Waals surface area contributed by atoms with Crippen LogP contribution in [0, 0.1) is 0 Å². The number of rotatable bonds is 5. The molecule has 0 aliphatic heterocycles. The average Bonchev–Trinajstić information content (AvgIpc) is 2.78. The van der Waals surface area contributed by atoms with E-state index in [0.717, 1.165) is 25.7 Å². The van der Waals surface area contributed by atoms with Crippen molar-refractivity contribution in [3.8, 4) is 0 Å². The van der Waals surface area contributed by atoms with Crippen LogP contribution in [0.4, 0.5) is 0 Å². The molecule has 18 heavy (non-hydrogen) atoms. The van der Waals surface area contributed by atoms with Crippen LogP contribution in [0.25, 0.3) is 0 Å². The summed E-state index contributed by atoms with van der Waals surface area (Å²) in [6.45, 7) is 4.75. The van der Waals surface area contributed by atoms with E-state index in [9.17, 15) is 5.11 Å². The molecule has 1 heterocycles. The van der Waals surface area contributed by atoms with Crippen LogP contribution in [0.2, 0.25) is 0 Å². The Labute approximate surface area is 109 Å². The second-order valence-corrected chi connectivity index (χ2v) is 5.43. The van der Waals surface area contributed by atoms with Gasteiger partial charge in [-0.2, -0.15) is 5.10 Å². The van der Waals surface area contributed by atoms with Gasteiger partial charge in [0.2, 0.25) is 0 Å². The summed E-state index contributed by atoms with van der Waals surface area (Å²) < 4.78 is 1.98. The molecule has 0 bridgehead atoms. The van der Waals surface area contributed by atoms with E-state index in [0.29, 0.717) is 12.6 Å². The van der Waals surface area contributed by atoms with E-state index in [-0.39, 0.29) is 0 Å². The number of nitrogens with one attached hydrogen (secondary N) is 1. The summed E-state index contributed by atoms with van der Waals surface area (Å²) in [6.07, 6.45) is 7.02. The van der Waals surface area contributed by atoms with Crippen molar-refractivity contribution < 1.29 is 5.11 Å². The Balaban J connectivity index is 2.03. The minimum Gasteiger partial charge on any atom is -0.389 e. The van der Waals surface area contributed by atoms with E-state index in [2.05, 4.69) is 10.4 Å². The molecule has 0 fully saturated rings. The molecule has 1 aromatic rings. The fourth-order valence-electron chi connectivity index (χ4n) is 2.73. The summed E-state index contributed by atoms with van der Waals surface area (Å²) in [5.74, 6) is 0. The van der Waals surface area contributed by atoms with Crippen LogP contribution in [-0.4, -0.2) is 27.0 Å². The Morgan fingerprint density at radius 2 is 2.22 bits per heavy atom. The Kier molecular flexibility index (Phi) is 4.07. The van der Waals surface area contributed by atoms with Gasteiger partial charge in [-0.05, 0) is 32.1 Å². The average molecular weight is 251 g/mol. The zero-order valence-electron chi connectivity index (χ0n) is 11.7. The van der Waals surface area contributed by atoms with E-state index in [1.807, 2.05) is 31.8 Å². The van der Waals surface area contributed by atoms with Gasteiger partial charge in [0.25, 0.3) is 0 Å². The first kappa shape index (κ1) is 13.6. The van der Waals surface area contributed by atoms with Crippen molar-refractivity contribution in [2.45, 2.75) is 57.6 Å². The van der Waals surface area contributed by atoms with Crippen molar-refractivity contribution in [2.75, 3.05) is 6.54 Å². The van der Waals surface area contributed by atoms with Gasteiger partial charge < -0.3 is 10.4 Å². The lowest BCUT2D eigenvalue weighted by Gasteiger charge is -2.30. The second-order valence-electron chi connectivity index (χ2n) is 5.43. The SMILES string of the molecule is CCC(O)(CC)CNC1CCCc2c1cnn2C. The molecule has 4 heteroatoms. The van der Waals surface area contributed by atoms with Crippen molar-refractivity contribution in [1.82, 2.24) is 15.1 Å². The fourth-order valence-corrected chi connectivity index (χ4v) is 2.73. The number of fused-ring (bicyclic) bond motifs is 1. The molecule has 0 saturated carbocycles. The number of hydrogen-bond donors (Lipinski definition) is 2. The summed E-state index contributed by atoms with van der Waals surface area (Å²) in [5.41, 5.74) is 2.09. The molecule has 0 spiro atoms. The van der Waals surface area contributed by atoms with Crippen molar-refractivity contribution in [1.29, 1.82) is 0 Å². The third-order valence-corrected chi connectivity index (χ3v) is 4.37. The number of aryl methyl sites for hydroxylation is 1. The van der Waals surface area contributed by atoms with Gasteiger partial charge in [0.05, 0.1) is 11.8 Å². The van der Waals surface area contributed by atoms with Crippen LogP contribution >= 0.6 is 0 Å². The van der Waals surface area contributed by atoms with Crippen molar-refractivity contribution in [3.05, 3.63) is 17.5 Å². The highest BCUT2D eigenvalue weighted by atomic mass is 16.3. The van der Waals surface area contributed by atoms with E-state index in [4.69, 9.17) is 0 Å². The maximum atomic E-state index is 10.3. The number of nitrogens with zero attached hydrogens (tertiary/aromatic N) is 2. The zero-order chi connectivity index (χ0) is 13.2. The molecule has 4 nitrogen and oxygen atoms in total. The Morgan fingerprint density at radius 1 is 1.50 bits per heavy atom. The fraction of sp³-hybridized carbons (Fsp3) is 0.786. The van der Waals surface area contributed by atoms with Crippen LogP contribution in [0.5, 0.6) is 0 Å². The largest absolute Gasteiger partial charge is 0.389 e. The molecular formula is C14H25N3O. The molecule has 2 N–H and O–H groups in total. The molecule has 102 valence electrons. The molecule has 1 aromatic heterocycles. The molecule has 0 radical (unpaired) electrons. The first-order valence-electron chi connectivity index (χ1n) is 7.06. The van der Waals surface area contributed by atoms with Crippen molar-refractivity contribution in [3.63, 3.8) is 0 Å². The van der Waals surface area contributed by atoms with Crippen LogP contribution < -0.4 is 5.32 Å². The molecule has 1 aliphatic rings. The van der Waals surface area contributed by atoms with Gasteiger partial charge in [0, 0.05) is 30.9 Å². The highest BCUT2D eigenvalue weighted by Crippen LogP contribution is 2.29. The van der Waals surface area contributed by atoms with Crippen LogP contribution in [0.3, 0.4) is 0 Å².